The van der Waals surface area contributed by atoms with Gasteiger partial charge in [0, 0.05) is 24.3 Å². The number of aromatic nitrogens is 2. The van der Waals surface area contributed by atoms with Gasteiger partial charge < -0.3 is 10.6 Å². The van der Waals surface area contributed by atoms with Crippen molar-refractivity contribution in [3.05, 3.63) is 53.1 Å². The van der Waals surface area contributed by atoms with Crippen molar-refractivity contribution in [3.63, 3.8) is 0 Å². The molecule has 0 spiro atoms. The van der Waals surface area contributed by atoms with Crippen molar-refractivity contribution >= 4 is 11.9 Å². The maximum atomic E-state index is 13.6. The number of hydrogen-bond donors (Lipinski definition) is 2. The van der Waals surface area contributed by atoms with Crippen LogP contribution in [-0.2, 0) is 6.54 Å². The fraction of sp³-hybridized carbons (Fsp3) is 0.353. The lowest BCUT2D eigenvalue weighted by Gasteiger charge is -2.09. The first-order valence-corrected chi connectivity index (χ1v) is 7.71. The van der Waals surface area contributed by atoms with E-state index in [-0.39, 0.29) is 24.0 Å². The van der Waals surface area contributed by atoms with E-state index in [9.17, 15) is 9.18 Å². The van der Waals surface area contributed by atoms with Crippen LogP contribution in [0, 0.1) is 12.7 Å². The quantitative estimate of drug-likeness (QED) is 0.770. The Morgan fingerprint density at radius 2 is 2.04 bits per heavy atom. The largest absolute Gasteiger partial charge is 0.354 e. The molecule has 0 atom stereocenters. The zero-order chi connectivity index (χ0) is 16.7. The number of carbonyl (C=O) groups is 1. The lowest BCUT2D eigenvalue weighted by molar-refractivity contribution is 0.0945. The molecule has 0 saturated heterocycles. The molecule has 5 nitrogen and oxygen atoms in total. The van der Waals surface area contributed by atoms with Gasteiger partial charge >= 0.3 is 0 Å². The SMILES string of the molecule is CCCCNc1nc(C)cc(C(=O)NCc2ccccc2F)n1. The van der Waals surface area contributed by atoms with E-state index >= 15 is 0 Å². The standard InChI is InChI=1S/C17H21FN4O/c1-3-4-9-19-17-21-12(2)10-15(22-17)16(23)20-11-13-7-5-6-8-14(13)18/h5-8,10H,3-4,9,11H2,1-2H3,(H,20,23)(H,19,21,22). The molecule has 0 aliphatic heterocycles. The van der Waals surface area contributed by atoms with Crippen LogP contribution in [0.4, 0.5) is 10.3 Å². The summed E-state index contributed by atoms with van der Waals surface area (Å²) in [7, 11) is 0. The van der Waals surface area contributed by atoms with Crippen molar-refractivity contribution in [2.24, 2.45) is 0 Å². The van der Waals surface area contributed by atoms with E-state index in [1.165, 1.54) is 6.07 Å². The molecule has 1 amide bonds. The van der Waals surface area contributed by atoms with E-state index in [0.717, 1.165) is 19.4 Å². The normalized spacial score (nSPS) is 10.4. The third-order valence-corrected chi connectivity index (χ3v) is 3.30. The molecular weight excluding hydrogens is 295 g/mol. The number of unbranched alkanes of at least 4 members (excludes halogenated alkanes) is 1. The molecule has 0 aliphatic rings. The fourth-order valence-corrected chi connectivity index (χ4v) is 2.05. The van der Waals surface area contributed by atoms with Gasteiger partial charge in [0.1, 0.15) is 11.5 Å². The molecule has 6 heteroatoms. The zero-order valence-electron chi connectivity index (χ0n) is 13.4. The Labute approximate surface area is 135 Å². The Morgan fingerprint density at radius 3 is 2.78 bits per heavy atom. The lowest BCUT2D eigenvalue weighted by Crippen LogP contribution is -2.25. The van der Waals surface area contributed by atoms with Crippen LogP contribution in [0.1, 0.15) is 41.5 Å². The molecule has 1 aromatic heterocycles. The first kappa shape index (κ1) is 16.9. The van der Waals surface area contributed by atoms with Crippen molar-refractivity contribution in [1.29, 1.82) is 0 Å². The molecule has 2 N–H and O–H groups in total. The van der Waals surface area contributed by atoms with Crippen molar-refractivity contribution in [1.82, 2.24) is 15.3 Å². The number of anilines is 1. The zero-order valence-corrected chi connectivity index (χ0v) is 13.4. The summed E-state index contributed by atoms with van der Waals surface area (Å²) in [6.07, 6.45) is 2.07. The van der Waals surface area contributed by atoms with Crippen LogP contribution in [0.3, 0.4) is 0 Å². The average molecular weight is 316 g/mol. The molecule has 0 bridgehead atoms. The predicted octanol–water partition coefficient (Wildman–Crippen LogP) is 3.07. The highest BCUT2D eigenvalue weighted by Crippen LogP contribution is 2.08. The molecular formula is C17H21FN4O. The number of carbonyl (C=O) groups excluding carboxylic acids is 1. The Kier molecular flexibility index (Phi) is 6.02. The molecule has 23 heavy (non-hydrogen) atoms. The van der Waals surface area contributed by atoms with Gasteiger partial charge in [-0.15, -0.1) is 0 Å². The Balaban J connectivity index is 2.02. The summed E-state index contributed by atoms with van der Waals surface area (Å²) in [6.45, 7) is 4.78. The number of amides is 1. The summed E-state index contributed by atoms with van der Waals surface area (Å²) in [5.41, 5.74) is 1.41. The number of benzene rings is 1. The summed E-state index contributed by atoms with van der Waals surface area (Å²) >= 11 is 0. The van der Waals surface area contributed by atoms with Gasteiger partial charge in [0.2, 0.25) is 5.95 Å². The Bertz CT molecular complexity index is 675. The number of rotatable bonds is 7. The van der Waals surface area contributed by atoms with Crippen LogP contribution < -0.4 is 10.6 Å². The molecule has 2 rings (SSSR count). The number of nitrogens with one attached hydrogen (secondary N) is 2. The molecule has 1 aromatic carbocycles. The topological polar surface area (TPSA) is 66.9 Å². The summed E-state index contributed by atoms with van der Waals surface area (Å²) in [6, 6.07) is 7.96. The number of nitrogens with zero attached hydrogens (tertiary/aromatic N) is 2. The molecule has 0 unspecified atom stereocenters. The van der Waals surface area contributed by atoms with Gasteiger partial charge in [-0.2, -0.15) is 0 Å². The maximum Gasteiger partial charge on any atom is 0.270 e. The van der Waals surface area contributed by atoms with Gasteiger partial charge in [-0.05, 0) is 25.5 Å². The summed E-state index contributed by atoms with van der Waals surface area (Å²) in [4.78, 5) is 20.7. The molecule has 122 valence electrons. The monoisotopic (exact) mass is 316 g/mol. The van der Waals surface area contributed by atoms with E-state index in [1.807, 2.05) is 0 Å². The Morgan fingerprint density at radius 1 is 1.26 bits per heavy atom. The molecule has 0 radical (unpaired) electrons. The van der Waals surface area contributed by atoms with Crippen molar-refractivity contribution in [3.8, 4) is 0 Å². The van der Waals surface area contributed by atoms with Gasteiger partial charge in [-0.3, -0.25) is 4.79 Å². The van der Waals surface area contributed by atoms with Crippen LogP contribution >= 0.6 is 0 Å². The molecule has 0 fully saturated rings. The van der Waals surface area contributed by atoms with Gasteiger partial charge in [-0.1, -0.05) is 31.5 Å². The molecule has 1 heterocycles. The van der Waals surface area contributed by atoms with Gasteiger partial charge in [0.25, 0.3) is 5.91 Å². The highest BCUT2D eigenvalue weighted by molar-refractivity contribution is 5.92. The van der Waals surface area contributed by atoms with Crippen molar-refractivity contribution in [2.45, 2.75) is 33.2 Å². The number of halogens is 1. The van der Waals surface area contributed by atoms with Crippen molar-refractivity contribution in [2.75, 3.05) is 11.9 Å². The number of hydrogen-bond acceptors (Lipinski definition) is 4. The summed E-state index contributed by atoms with van der Waals surface area (Å²) in [5, 5.41) is 5.78. The first-order chi connectivity index (χ1) is 11.1. The molecule has 0 aliphatic carbocycles. The van der Waals surface area contributed by atoms with E-state index in [4.69, 9.17) is 0 Å². The molecule has 2 aromatic rings. The van der Waals surface area contributed by atoms with Crippen molar-refractivity contribution < 1.29 is 9.18 Å². The predicted molar refractivity (Wildman–Crippen MR) is 87.7 cm³/mol. The minimum Gasteiger partial charge on any atom is -0.354 e. The van der Waals surface area contributed by atoms with Gasteiger partial charge in [-0.25, -0.2) is 14.4 Å². The van der Waals surface area contributed by atoms with Crippen LogP contribution in [0.25, 0.3) is 0 Å². The lowest BCUT2D eigenvalue weighted by atomic mass is 10.2. The van der Waals surface area contributed by atoms with E-state index in [2.05, 4.69) is 27.5 Å². The smallest absolute Gasteiger partial charge is 0.270 e. The Hall–Kier alpha value is -2.50. The second kappa shape index (κ2) is 8.22. The van der Waals surface area contributed by atoms with E-state index in [0.29, 0.717) is 17.2 Å². The first-order valence-electron chi connectivity index (χ1n) is 7.71. The highest BCUT2D eigenvalue weighted by atomic mass is 19.1. The third kappa shape index (κ3) is 5.02. The molecule has 0 saturated carbocycles. The van der Waals surface area contributed by atoms with Crippen LogP contribution in [0.5, 0.6) is 0 Å². The van der Waals surface area contributed by atoms with E-state index in [1.54, 1.807) is 31.2 Å². The average Bonchev–Trinajstić information content (AvgIpc) is 2.53. The minimum atomic E-state index is -0.350. The van der Waals surface area contributed by atoms with Gasteiger partial charge in [0.05, 0.1) is 0 Å². The summed E-state index contributed by atoms with van der Waals surface area (Å²) < 4.78 is 13.6. The summed E-state index contributed by atoms with van der Waals surface area (Å²) in [5.74, 6) is -0.250. The van der Waals surface area contributed by atoms with E-state index < -0.39 is 0 Å². The number of aryl methyl sites for hydroxylation is 1. The highest BCUT2D eigenvalue weighted by Gasteiger charge is 2.11. The van der Waals surface area contributed by atoms with Gasteiger partial charge in [0.15, 0.2) is 0 Å². The third-order valence-electron chi connectivity index (χ3n) is 3.30. The van der Waals surface area contributed by atoms with Crippen LogP contribution in [-0.4, -0.2) is 22.4 Å². The minimum absolute atomic E-state index is 0.118. The second-order valence-corrected chi connectivity index (χ2v) is 5.27. The second-order valence-electron chi connectivity index (χ2n) is 5.27. The van der Waals surface area contributed by atoms with Crippen LogP contribution in [0.15, 0.2) is 30.3 Å². The fourth-order valence-electron chi connectivity index (χ4n) is 2.05. The maximum absolute atomic E-state index is 13.6. The van der Waals surface area contributed by atoms with Crippen LogP contribution in [0.2, 0.25) is 0 Å².